The standard InChI is InChI=1S/C23H25N3O6S/c1-14-12-25(13-15(2)32-14)33(30,31)18-10-8-17(9-11-18)24-21(27)16(3)26-22(28)19-6-4-5-7-20(19)23(26)29/h4-11,14-16H,12-13H2,1-3H3,(H,24,27)/t14-,15+,16-/m1/s1. The molecule has 3 amide bonds. The molecule has 0 saturated carbocycles. The highest BCUT2D eigenvalue weighted by atomic mass is 32.2. The van der Waals surface area contributed by atoms with Crippen LogP contribution in [0.2, 0.25) is 0 Å². The number of morpholine rings is 1. The van der Waals surface area contributed by atoms with Crippen molar-refractivity contribution in [2.45, 2.75) is 43.9 Å². The third-order valence-electron chi connectivity index (χ3n) is 5.74. The summed E-state index contributed by atoms with van der Waals surface area (Å²) in [6.45, 7) is 5.65. The molecule has 33 heavy (non-hydrogen) atoms. The molecule has 0 unspecified atom stereocenters. The number of anilines is 1. The van der Waals surface area contributed by atoms with Gasteiger partial charge in [0.25, 0.3) is 11.8 Å². The van der Waals surface area contributed by atoms with Gasteiger partial charge in [0.1, 0.15) is 6.04 Å². The number of nitrogens with zero attached hydrogens (tertiary/aromatic N) is 2. The lowest BCUT2D eigenvalue weighted by Gasteiger charge is -2.34. The Morgan fingerprint density at radius 1 is 0.970 bits per heavy atom. The number of imide groups is 1. The van der Waals surface area contributed by atoms with Crippen molar-refractivity contribution in [1.82, 2.24) is 9.21 Å². The maximum absolute atomic E-state index is 13.0. The van der Waals surface area contributed by atoms with E-state index >= 15 is 0 Å². The molecule has 2 aromatic carbocycles. The average molecular weight is 472 g/mol. The number of fused-ring (bicyclic) bond motifs is 1. The van der Waals surface area contributed by atoms with Gasteiger partial charge in [0.15, 0.2) is 0 Å². The molecular weight excluding hydrogens is 446 g/mol. The van der Waals surface area contributed by atoms with Gasteiger partial charge in [0, 0.05) is 18.8 Å². The summed E-state index contributed by atoms with van der Waals surface area (Å²) in [5, 5.41) is 2.65. The fourth-order valence-electron chi connectivity index (χ4n) is 4.11. The zero-order chi connectivity index (χ0) is 23.9. The fraction of sp³-hybridized carbons (Fsp3) is 0.348. The van der Waals surface area contributed by atoms with Crippen molar-refractivity contribution >= 4 is 33.4 Å². The number of sulfonamides is 1. The highest BCUT2D eigenvalue weighted by molar-refractivity contribution is 7.89. The van der Waals surface area contributed by atoms with Crippen LogP contribution in [0.3, 0.4) is 0 Å². The Morgan fingerprint density at radius 2 is 1.48 bits per heavy atom. The first-order chi connectivity index (χ1) is 15.6. The number of carbonyl (C=O) groups excluding carboxylic acids is 3. The molecule has 10 heteroatoms. The summed E-state index contributed by atoms with van der Waals surface area (Å²) in [5.41, 5.74) is 0.887. The topological polar surface area (TPSA) is 113 Å². The molecule has 1 saturated heterocycles. The third-order valence-corrected chi connectivity index (χ3v) is 7.58. The number of nitrogens with one attached hydrogen (secondary N) is 1. The van der Waals surface area contributed by atoms with E-state index in [1.54, 1.807) is 24.3 Å². The number of ether oxygens (including phenoxy) is 1. The number of rotatable bonds is 5. The van der Waals surface area contributed by atoms with Crippen LogP contribution < -0.4 is 5.32 Å². The van der Waals surface area contributed by atoms with Crippen LogP contribution in [0.4, 0.5) is 5.69 Å². The summed E-state index contributed by atoms with van der Waals surface area (Å²) >= 11 is 0. The van der Waals surface area contributed by atoms with Crippen LogP contribution in [-0.4, -0.2) is 66.7 Å². The predicted octanol–water partition coefficient (Wildman–Crippen LogP) is 2.11. The number of carbonyl (C=O) groups is 3. The van der Waals surface area contributed by atoms with Gasteiger partial charge in [-0.05, 0) is 57.2 Å². The van der Waals surface area contributed by atoms with E-state index in [0.29, 0.717) is 5.69 Å². The SMILES string of the molecule is C[C@@H]1CN(S(=O)(=O)c2ccc(NC(=O)[C@@H](C)N3C(=O)c4ccccc4C3=O)cc2)C[C@H](C)O1. The van der Waals surface area contributed by atoms with E-state index in [1.807, 2.05) is 13.8 Å². The number of benzene rings is 2. The first kappa shape index (κ1) is 23.1. The number of amides is 3. The van der Waals surface area contributed by atoms with Gasteiger partial charge in [0.2, 0.25) is 15.9 Å². The Bertz CT molecular complexity index is 1170. The molecule has 1 N–H and O–H groups in total. The molecule has 2 aliphatic heterocycles. The minimum Gasteiger partial charge on any atom is -0.373 e. The average Bonchev–Trinajstić information content (AvgIpc) is 3.03. The molecule has 2 aromatic rings. The van der Waals surface area contributed by atoms with E-state index in [2.05, 4.69) is 5.32 Å². The highest BCUT2D eigenvalue weighted by Gasteiger charge is 2.40. The van der Waals surface area contributed by atoms with E-state index in [0.717, 1.165) is 4.90 Å². The summed E-state index contributed by atoms with van der Waals surface area (Å²) in [4.78, 5) is 39.0. The van der Waals surface area contributed by atoms with Gasteiger partial charge in [-0.2, -0.15) is 4.31 Å². The van der Waals surface area contributed by atoms with Crippen molar-refractivity contribution in [3.63, 3.8) is 0 Å². The monoisotopic (exact) mass is 471 g/mol. The Kier molecular flexibility index (Phi) is 6.08. The maximum Gasteiger partial charge on any atom is 0.262 e. The van der Waals surface area contributed by atoms with Crippen LogP contribution in [0.25, 0.3) is 0 Å². The molecule has 2 aliphatic rings. The lowest BCUT2D eigenvalue weighted by Crippen LogP contribution is -2.48. The molecule has 2 heterocycles. The van der Waals surface area contributed by atoms with Crippen molar-refractivity contribution in [2.75, 3.05) is 18.4 Å². The van der Waals surface area contributed by atoms with Crippen LogP contribution >= 0.6 is 0 Å². The molecule has 4 rings (SSSR count). The van der Waals surface area contributed by atoms with Crippen LogP contribution in [0.15, 0.2) is 53.4 Å². The normalized spacial score (nSPS) is 22.2. The summed E-state index contributed by atoms with van der Waals surface area (Å²) in [7, 11) is -3.70. The second-order valence-electron chi connectivity index (χ2n) is 8.29. The van der Waals surface area contributed by atoms with Crippen LogP contribution in [0.1, 0.15) is 41.5 Å². The summed E-state index contributed by atoms with van der Waals surface area (Å²) in [5.74, 6) is -1.60. The van der Waals surface area contributed by atoms with Crippen molar-refractivity contribution < 1.29 is 27.5 Å². The minimum absolute atomic E-state index is 0.107. The zero-order valence-corrected chi connectivity index (χ0v) is 19.3. The molecule has 0 bridgehead atoms. The van der Waals surface area contributed by atoms with E-state index < -0.39 is 33.8 Å². The molecule has 1 fully saturated rings. The Labute approximate surface area is 192 Å². The molecule has 0 spiro atoms. The van der Waals surface area contributed by atoms with Crippen LogP contribution in [-0.2, 0) is 19.6 Å². The van der Waals surface area contributed by atoms with Gasteiger partial charge in [-0.15, -0.1) is 0 Å². The summed E-state index contributed by atoms with van der Waals surface area (Å²) in [6.07, 6.45) is -0.406. The summed E-state index contributed by atoms with van der Waals surface area (Å²) in [6, 6.07) is 11.2. The van der Waals surface area contributed by atoms with E-state index in [1.165, 1.54) is 35.5 Å². The largest absolute Gasteiger partial charge is 0.373 e. The number of hydrogen-bond donors (Lipinski definition) is 1. The van der Waals surface area contributed by atoms with E-state index in [4.69, 9.17) is 4.74 Å². The van der Waals surface area contributed by atoms with Gasteiger partial charge in [-0.25, -0.2) is 8.42 Å². The van der Waals surface area contributed by atoms with Gasteiger partial charge < -0.3 is 10.1 Å². The Balaban J connectivity index is 1.45. The zero-order valence-electron chi connectivity index (χ0n) is 18.5. The predicted molar refractivity (Wildman–Crippen MR) is 120 cm³/mol. The van der Waals surface area contributed by atoms with Crippen molar-refractivity contribution in [1.29, 1.82) is 0 Å². The van der Waals surface area contributed by atoms with Crippen LogP contribution in [0.5, 0.6) is 0 Å². The molecule has 3 atom stereocenters. The third kappa shape index (κ3) is 4.29. The second-order valence-corrected chi connectivity index (χ2v) is 10.2. The lowest BCUT2D eigenvalue weighted by molar-refractivity contribution is -0.119. The molecule has 0 aliphatic carbocycles. The Hall–Kier alpha value is -3.08. The van der Waals surface area contributed by atoms with Crippen molar-refractivity contribution in [3.05, 3.63) is 59.7 Å². The second kappa shape index (κ2) is 8.69. The van der Waals surface area contributed by atoms with Gasteiger partial charge in [0.05, 0.1) is 28.2 Å². The van der Waals surface area contributed by atoms with Gasteiger partial charge >= 0.3 is 0 Å². The fourth-order valence-corrected chi connectivity index (χ4v) is 5.70. The lowest BCUT2D eigenvalue weighted by atomic mass is 10.1. The van der Waals surface area contributed by atoms with Crippen molar-refractivity contribution in [3.8, 4) is 0 Å². The molecule has 0 aromatic heterocycles. The quantitative estimate of drug-likeness (QED) is 0.669. The highest BCUT2D eigenvalue weighted by Crippen LogP contribution is 2.26. The van der Waals surface area contributed by atoms with E-state index in [-0.39, 0.29) is 41.3 Å². The molecular formula is C23H25N3O6S. The molecule has 174 valence electrons. The molecule has 0 radical (unpaired) electrons. The maximum atomic E-state index is 13.0. The first-order valence-electron chi connectivity index (χ1n) is 10.6. The Morgan fingerprint density at radius 3 is 2.00 bits per heavy atom. The van der Waals surface area contributed by atoms with Gasteiger partial charge in [-0.3, -0.25) is 19.3 Å². The minimum atomic E-state index is -3.70. The van der Waals surface area contributed by atoms with Crippen molar-refractivity contribution in [2.24, 2.45) is 0 Å². The summed E-state index contributed by atoms with van der Waals surface area (Å²) < 4.78 is 32.9. The van der Waals surface area contributed by atoms with Gasteiger partial charge in [-0.1, -0.05) is 12.1 Å². The smallest absolute Gasteiger partial charge is 0.262 e. The van der Waals surface area contributed by atoms with Crippen LogP contribution in [0, 0.1) is 0 Å². The van der Waals surface area contributed by atoms with E-state index in [9.17, 15) is 22.8 Å². The molecule has 9 nitrogen and oxygen atoms in total. The first-order valence-corrected chi connectivity index (χ1v) is 12.1. The number of hydrogen-bond acceptors (Lipinski definition) is 6.